The van der Waals surface area contributed by atoms with Gasteiger partial charge in [0.1, 0.15) is 5.75 Å². The van der Waals surface area contributed by atoms with Crippen molar-refractivity contribution in [2.24, 2.45) is 0 Å². The third-order valence-corrected chi connectivity index (χ3v) is 4.51. The van der Waals surface area contributed by atoms with E-state index in [0.29, 0.717) is 5.75 Å². The number of anilines is 1. The summed E-state index contributed by atoms with van der Waals surface area (Å²) in [5.41, 5.74) is 3.38. The zero-order valence-corrected chi connectivity index (χ0v) is 15.4. The highest BCUT2D eigenvalue weighted by molar-refractivity contribution is 5.78. The SMILES string of the molecule is Cc1cccc(OCC(=O)NC(C)c2ccc(N3CCOCC3)cc2)c1. The summed E-state index contributed by atoms with van der Waals surface area (Å²) in [4.78, 5) is 14.5. The lowest BCUT2D eigenvalue weighted by atomic mass is 10.1. The highest BCUT2D eigenvalue weighted by atomic mass is 16.5. The molecule has 0 spiro atoms. The minimum absolute atomic E-state index is 0.0135. The number of nitrogens with one attached hydrogen (secondary N) is 1. The molecular weight excluding hydrogens is 328 g/mol. The molecule has 0 aromatic heterocycles. The monoisotopic (exact) mass is 354 g/mol. The molecule has 1 amide bonds. The molecular formula is C21H26N2O3. The van der Waals surface area contributed by atoms with Gasteiger partial charge >= 0.3 is 0 Å². The standard InChI is InChI=1S/C21H26N2O3/c1-16-4-3-5-20(14-16)26-15-21(24)22-17(2)18-6-8-19(9-7-18)23-10-12-25-13-11-23/h3-9,14,17H,10-13,15H2,1-2H3,(H,22,24). The number of carbonyl (C=O) groups is 1. The number of benzene rings is 2. The second-order valence-corrected chi connectivity index (χ2v) is 6.59. The van der Waals surface area contributed by atoms with E-state index in [1.165, 1.54) is 5.69 Å². The van der Waals surface area contributed by atoms with Crippen LogP contribution >= 0.6 is 0 Å². The van der Waals surface area contributed by atoms with Gasteiger partial charge in [-0.2, -0.15) is 0 Å². The second-order valence-electron chi connectivity index (χ2n) is 6.59. The average molecular weight is 354 g/mol. The minimum Gasteiger partial charge on any atom is -0.484 e. The van der Waals surface area contributed by atoms with E-state index in [2.05, 4.69) is 34.5 Å². The molecule has 0 bridgehead atoms. The first kappa shape index (κ1) is 18.3. The van der Waals surface area contributed by atoms with Gasteiger partial charge < -0.3 is 19.7 Å². The van der Waals surface area contributed by atoms with E-state index in [4.69, 9.17) is 9.47 Å². The van der Waals surface area contributed by atoms with Crippen molar-refractivity contribution in [2.75, 3.05) is 37.8 Å². The Labute approximate surface area is 154 Å². The van der Waals surface area contributed by atoms with Crippen LogP contribution in [0, 0.1) is 6.92 Å². The van der Waals surface area contributed by atoms with Gasteiger partial charge in [0.05, 0.1) is 19.3 Å². The summed E-state index contributed by atoms with van der Waals surface area (Å²) < 4.78 is 10.9. The van der Waals surface area contributed by atoms with Crippen LogP contribution in [0.4, 0.5) is 5.69 Å². The van der Waals surface area contributed by atoms with Crippen molar-refractivity contribution in [3.8, 4) is 5.75 Å². The van der Waals surface area contributed by atoms with Crippen LogP contribution in [-0.4, -0.2) is 38.8 Å². The molecule has 5 heteroatoms. The maximum absolute atomic E-state index is 12.1. The van der Waals surface area contributed by atoms with Gasteiger partial charge in [-0.25, -0.2) is 0 Å². The molecule has 3 rings (SSSR count). The van der Waals surface area contributed by atoms with E-state index in [-0.39, 0.29) is 18.6 Å². The predicted octanol–water partition coefficient (Wildman–Crippen LogP) is 3.09. The van der Waals surface area contributed by atoms with Crippen molar-refractivity contribution in [3.05, 3.63) is 59.7 Å². The maximum atomic E-state index is 12.1. The molecule has 1 saturated heterocycles. The molecule has 0 radical (unpaired) electrons. The maximum Gasteiger partial charge on any atom is 0.258 e. The van der Waals surface area contributed by atoms with Crippen LogP contribution in [0.5, 0.6) is 5.75 Å². The van der Waals surface area contributed by atoms with Crippen LogP contribution in [0.2, 0.25) is 0 Å². The van der Waals surface area contributed by atoms with E-state index in [0.717, 1.165) is 37.4 Å². The van der Waals surface area contributed by atoms with Gasteiger partial charge in [0, 0.05) is 18.8 Å². The lowest BCUT2D eigenvalue weighted by Crippen LogP contribution is -2.36. The number of morpholine rings is 1. The van der Waals surface area contributed by atoms with Crippen LogP contribution in [-0.2, 0) is 9.53 Å². The Hall–Kier alpha value is -2.53. The van der Waals surface area contributed by atoms with E-state index in [9.17, 15) is 4.79 Å². The van der Waals surface area contributed by atoms with Crippen molar-refractivity contribution < 1.29 is 14.3 Å². The molecule has 1 unspecified atom stereocenters. The molecule has 5 nitrogen and oxygen atoms in total. The van der Waals surface area contributed by atoms with Gasteiger partial charge in [-0.1, -0.05) is 24.3 Å². The van der Waals surface area contributed by atoms with Crippen molar-refractivity contribution in [2.45, 2.75) is 19.9 Å². The Morgan fingerprint density at radius 2 is 1.92 bits per heavy atom. The Morgan fingerprint density at radius 1 is 1.19 bits per heavy atom. The summed E-state index contributed by atoms with van der Waals surface area (Å²) in [6.07, 6.45) is 0. The fraction of sp³-hybridized carbons (Fsp3) is 0.381. The first-order valence-corrected chi connectivity index (χ1v) is 9.03. The number of hydrogen-bond donors (Lipinski definition) is 1. The average Bonchev–Trinajstić information content (AvgIpc) is 2.67. The Balaban J connectivity index is 1.50. The fourth-order valence-electron chi connectivity index (χ4n) is 3.02. The van der Waals surface area contributed by atoms with Crippen molar-refractivity contribution in [1.29, 1.82) is 0 Å². The van der Waals surface area contributed by atoms with E-state index in [1.54, 1.807) is 0 Å². The molecule has 0 saturated carbocycles. The summed E-state index contributed by atoms with van der Waals surface area (Å²) >= 11 is 0. The van der Waals surface area contributed by atoms with Crippen molar-refractivity contribution in [3.63, 3.8) is 0 Å². The quantitative estimate of drug-likeness (QED) is 0.866. The Morgan fingerprint density at radius 3 is 2.62 bits per heavy atom. The molecule has 1 heterocycles. The molecule has 1 aliphatic rings. The summed E-state index contributed by atoms with van der Waals surface area (Å²) in [6, 6.07) is 16.0. The van der Waals surface area contributed by atoms with Crippen LogP contribution in [0.1, 0.15) is 24.1 Å². The number of aryl methyl sites for hydroxylation is 1. The van der Waals surface area contributed by atoms with E-state index < -0.39 is 0 Å². The molecule has 138 valence electrons. The molecule has 2 aromatic carbocycles. The number of carbonyl (C=O) groups excluding carboxylic acids is 1. The fourth-order valence-corrected chi connectivity index (χ4v) is 3.02. The predicted molar refractivity (Wildman–Crippen MR) is 103 cm³/mol. The molecule has 26 heavy (non-hydrogen) atoms. The first-order valence-electron chi connectivity index (χ1n) is 9.03. The van der Waals surface area contributed by atoms with E-state index >= 15 is 0 Å². The summed E-state index contributed by atoms with van der Waals surface area (Å²) in [6.45, 7) is 7.37. The van der Waals surface area contributed by atoms with Crippen LogP contribution in [0.3, 0.4) is 0 Å². The first-order chi connectivity index (χ1) is 12.6. The van der Waals surface area contributed by atoms with Crippen LogP contribution in [0.15, 0.2) is 48.5 Å². The lowest BCUT2D eigenvalue weighted by molar-refractivity contribution is -0.123. The van der Waals surface area contributed by atoms with Gasteiger partial charge in [-0.3, -0.25) is 4.79 Å². The van der Waals surface area contributed by atoms with Crippen LogP contribution in [0.25, 0.3) is 0 Å². The highest BCUT2D eigenvalue weighted by Crippen LogP contribution is 2.20. The molecule has 0 aliphatic carbocycles. The summed E-state index contributed by atoms with van der Waals surface area (Å²) in [5, 5.41) is 2.98. The van der Waals surface area contributed by atoms with Crippen molar-refractivity contribution in [1.82, 2.24) is 5.32 Å². The Kier molecular flexibility index (Phi) is 6.12. The largest absolute Gasteiger partial charge is 0.484 e. The normalized spacial score (nSPS) is 15.4. The Bertz CT molecular complexity index is 724. The van der Waals surface area contributed by atoms with Gasteiger partial charge in [0.25, 0.3) is 5.91 Å². The van der Waals surface area contributed by atoms with Gasteiger partial charge in [-0.15, -0.1) is 0 Å². The zero-order chi connectivity index (χ0) is 18.4. The topological polar surface area (TPSA) is 50.8 Å². The second kappa shape index (κ2) is 8.72. The van der Waals surface area contributed by atoms with Gasteiger partial charge in [0.15, 0.2) is 6.61 Å². The molecule has 1 fully saturated rings. The molecule has 1 aliphatic heterocycles. The van der Waals surface area contributed by atoms with Crippen LogP contribution < -0.4 is 15.0 Å². The van der Waals surface area contributed by atoms with E-state index in [1.807, 2.05) is 38.1 Å². The number of nitrogens with zero attached hydrogens (tertiary/aromatic N) is 1. The highest BCUT2D eigenvalue weighted by Gasteiger charge is 2.13. The molecule has 1 atom stereocenters. The third kappa shape index (κ3) is 4.99. The summed E-state index contributed by atoms with van der Waals surface area (Å²) in [7, 11) is 0. The van der Waals surface area contributed by atoms with Crippen molar-refractivity contribution >= 4 is 11.6 Å². The zero-order valence-electron chi connectivity index (χ0n) is 15.4. The molecule has 2 aromatic rings. The smallest absolute Gasteiger partial charge is 0.258 e. The third-order valence-electron chi connectivity index (χ3n) is 4.51. The molecule has 1 N–H and O–H groups in total. The van der Waals surface area contributed by atoms with Gasteiger partial charge in [0.2, 0.25) is 0 Å². The number of rotatable bonds is 6. The van der Waals surface area contributed by atoms with Gasteiger partial charge in [-0.05, 0) is 49.2 Å². The minimum atomic E-state index is -0.128. The number of amides is 1. The number of hydrogen-bond acceptors (Lipinski definition) is 4. The lowest BCUT2D eigenvalue weighted by Gasteiger charge is -2.29. The number of ether oxygens (including phenoxy) is 2. The summed E-state index contributed by atoms with van der Waals surface area (Å²) in [5.74, 6) is 0.582.